The minimum Gasteiger partial charge on any atom is -0.469 e. The normalized spacial score (nSPS) is 22.4. The van der Waals surface area contributed by atoms with E-state index in [0.717, 1.165) is 12.8 Å². The van der Waals surface area contributed by atoms with Gasteiger partial charge in [0.05, 0.1) is 19.1 Å². The summed E-state index contributed by atoms with van der Waals surface area (Å²) in [4.78, 5) is 33.2. The Hall–Kier alpha value is -1.63. The second-order valence-corrected chi connectivity index (χ2v) is 4.54. The summed E-state index contributed by atoms with van der Waals surface area (Å²) < 4.78 is 10.1. The molecule has 1 aliphatic carbocycles. The summed E-state index contributed by atoms with van der Waals surface area (Å²) in [6.45, 7) is 1.20. The Balaban J connectivity index is 2.17. The first kappa shape index (κ1) is 15.4. The van der Waals surface area contributed by atoms with Crippen LogP contribution < -0.4 is 10.9 Å². The van der Waals surface area contributed by atoms with Crippen molar-refractivity contribution in [2.24, 2.45) is 5.92 Å². The fourth-order valence-electron chi connectivity index (χ4n) is 2.02. The van der Waals surface area contributed by atoms with Gasteiger partial charge in [-0.15, -0.1) is 0 Å². The second-order valence-electron chi connectivity index (χ2n) is 4.54. The molecule has 1 aliphatic rings. The highest BCUT2D eigenvalue weighted by Crippen LogP contribution is 2.26. The summed E-state index contributed by atoms with van der Waals surface area (Å²) in [6.07, 6.45) is 2.86. The maximum atomic E-state index is 11.3. The third kappa shape index (κ3) is 5.69. The Labute approximate surface area is 112 Å². The highest BCUT2D eigenvalue weighted by atomic mass is 16.5. The zero-order valence-corrected chi connectivity index (χ0v) is 11.2. The van der Waals surface area contributed by atoms with Crippen LogP contribution in [0.1, 0.15) is 32.6 Å². The molecule has 0 atom stereocenters. The maximum Gasteiger partial charge on any atom is 0.308 e. The molecule has 0 aromatic carbocycles. The van der Waals surface area contributed by atoms with Crippen LogP contribution in [0.3, 0.4) is 0 Å². The number of hydrogen-bond donors (Lipinski definition) is 2. The van der Waals surface area contributed by atoms with E-state index in [1.807, 2.05) is 0 Å². The van der Waals surface area contributed by atoms with Gasteiger partial charge in [-0.25, -0.2) is 0 Å². The monoisotopic (exact) mass is 272 g/mol. The molecule has 2 N–H and O–H groups in total. The van der Waals surface area contributed by atoms with Crippen LogP contribution in [-0.2, 0) is 23.9 Å². The van der Waals surface area contributed by atoms with Crippen molar-refractivity contribution in [2.45, 2.75) is 38.7 Å². The van der Waals surface area contributed by atoms with Crippen LogP contribution in [0.25, 0.3) is 0 Å². The number of methoxy groups -OCH3 is 1. The molecule has 0 radical (unpaired) electrons. The number of nitrogens with one attached hydrogen (secondary N) is 2. The SMILES string of the molecule is COC(=O)C1CCC(OCC(=O)NNC(C)=O)CC1. The van der Waals surface area contributed by atoms with Gasteiger partial charge in [-0.2, -0.15) is 0 Å². The topological polar surface area (TPSA) is 93.7 Å². The fourth-order valence-corrected chi connectivity index (χ4v) is 2.02. The molecule has 0 spiro atoms. The van der Waals surface area contributed by atoms with Crippen molar-refractivity contribution < 1.29 is 23.9 Å². The lowest BCUT2D eigenvalue weighted by Crippen LogP contribution is -2.43. The summed E-state index contributed by atoms with van der Waals surface area (Å²) in [5.74, 6) is -0.975. The number of rotatable bonds is 4. The van der Waals surface area contributed by atoms with Gasteiger partial charge in [-0.05, 0) is 25.7 Å². The number of ether oxygens (including phenoxy) is 2. The Morgan fingerprint density at radius 1 is 1.11 bits per heavy atom. The summed E-state index contributed by atoms with van der Waals surface area (Å²) in [6, 6.07) is 0. The van der Waals surface area contributed by atoms with E-state index in [0.29, 0.717) is 12.8 Å². The standard InChI is InChI=1S/C12H20N2O5/c1-8(15)13-14-11(16)7-19-10-5-3-9(4-6-10)12(17)18-2/h9-10H,3-7H2,1-2H3,(H,13,15)(H,14,16). The van der Waals surface area contributed by atoms with Crippen LogP contribution in [-0.4, -0.2) is 37.6 Å². The molecule has 0 aromatic heterocycles. The number of carbonyl (C=O) groups excluding carboxylic acids is 3. The van der Waals surface area contributed by atoms with Gasteiger partial charge in [-0.1, -0.05) is 0 Å². The zero-order chi connectivity index (χ0) is 14.3. The van der Waals surface area contributed by atoms with E-state index in [1.54, 1.807) is 0 Å². The fraction of sp³-hybridized carbons (Fsp3) is 0.750. The first-order valence-corrected chi connectivity index (χ1v) is 6.27. The van der Waals surface area contributed by atoms with E-state index in [4.69, 9.17) is 9.47 Å². The molecular weight excluding hydrogens is 252 g/mol. The number of amides is 2. The lowest BCUT2D eigenvalue weighted by molar-refractivity contribution is -0.148. The van der Waals surface area contributed by atoms with Crippen LogP contribution in [0.2, 0.25) is 0 Å². The van der Waals surface area contributed by atoms with Gasteiger partial charge in [0, 0.05) is 6.92 Å². The first-order valence-electron chi connectivity index (χ1n) is 6.27. The van der Waals surface area contributed by atoms with Crippen molar-refractivity contribution in [1.82, 2.24) is 10.9 Å². The van der Waals surface area contributed by atoms with Gasteiger partial charge in [-0.3, -0.25) is 25.2 Å². The van der Waals surface area contributed by atoms with Crippen LogP contribution in [0, 0.1) is 5.92 Å². The molecule has 1 rings (SSSR count). The zero-order valence-electron chi connectivity index (χ0n) is 11.2. The lowest BCUT2D eigenvalue weighted by atomic mass is 9.87. The molecule has 0 aliphatic heterocycles. The second kappa shape index (κ2) is 7.73. The van der Waals surface area contributed by atoms with Crippen LogP contribution >= 0.6 is 0 Å². The van der Waals surface area contributed by atoms with Gasteiger partial charge in [0.1, 0.15) is 6.61 Å². The number of hydrazine groups is 1. The summed E-state index contributed by atoms with van der Waals surface area (Å²) in [7, 11) is 1.39. The van der Waals surface area contributed by atoms with Gasteiger partial charge in [0.25, 0.3) is 5.91 Å². The van der Waals surface area contributed by atoms with Gasteiger partial charge in [0.2, 0.25) is 5.91 Å². The minimum absolute atomic E-state index is 0.0241. The molecule has 0 unspecified atom stereocenters. The molecule has 19 heavy (non-hydrogen) atoms. The molecule has 2 amide bonds. The summed E-state index contributed by atoms with van der Waals surface area (Å²) in [5.41, 5.74) is 4.40. The first-order chi connectivity index (χ1) is 9.02. The molecule has 1 fully saturated rings. The number of esters is 1. The van der Waals surface area contributed by atoms with Crippen LogP contribution in [0.5, 0.6) is 0 Å². The lowest BCUT2D eigenvalue weighted by Gasteiger charge is -2.26. The predicted octanol–water partition coefficient (Wildman–Crippen LogP) is -0.0979. The molecular formula is C12H20N2O5. The van der Waals surface area contributed by atoms with Crippen molar-refractivity contribution in [3.05, 3.63) is 0 Å². The summed E-state index contributed by atoms with van der Waals surface area (Å²) in [5, 5.41) is 0. The Kier molecular flexibility index (Phi) is 6.27. The van der Waals surface area contributed by atoms with Crippen LogP contribution in [0.15, 0.2) is 0 Å². The average molecular weight is 272 g/mol. The van der Waals surface area contributed by atoms with Gasteiger partial charge >= 0.3 is 5.97 Å². The van der Waals surface area contributed by atoms with Crippen LogP contribution in [0.4, 0.5) is 0 Å². The highest BCUT2D eigenvalue weighted by Gasteiger charge is 2.27. The average Bonchev–Trinajstić information content (AvgIpc) is 2.42. The third-order valence-electron chi connectivity index (χ3n) is 3.04. The smallest absolute Gasteiger partial charge is 0.308 e. The quantitative estimate of drug-likeness (QED) is 0.550. The van der Waals surface area contributed by atoms with Gasteiger partial charge in [0.15, 0.2) is 0 Å². The largest absolute Gasteiger partial charge is 0.469 e. The molecule has 7 heteroatoms. The van der Waals surface area contributed by atoms with E-state index in [2.05, 4.69) is 10.9 Å². The number of hydrogen-bond acceptors (Lipinski definition) is 5. The number of carbonyl (C=O) groups is 3. The molecule has 0 heterocycles. The Morgan fingerprint density at radius 3 is 2.26 bits per heavy atom. The highest BCUT2D eigenvalue weighted by molar-refractivity contribution is 5.81. The van der Waals surface area contributed by atoms with Gasteiger partial charge < -0.3 is 9.47 Å². The van der Waals surface area contributed by atoms with Crippen molar-refractivity contribution in [3.63, 3.8) is 0 Å². The van der Waals surface area contributed by atoms with E-state index in [-0.39, 0.29) is 30.5 Å². The molecule has 0 bridgehead atoms. The van der Waals surface area contributed by atoms with E-state index < -0.39 is 5.91 Å². The van der Waals surface area contributed by atoms with Crippen molar-refractivity contribution in [3.8, 4) is 0 Å². The van der Waals surface area contributed by atoms with Crippen molar-refractivity contribution >= 4 is 17.8 Å². The Bertz CT molecular complexity index is 337. The van der Waals surface area contributed by atoms with E-state index >= 15 is 0 Å². The minimum atomic E-state index is -0.398. The molecule has 0 saturated heterocycles. The molecule has 108 valence electrons. The van der Waals surface area contributed by atoms with E-state index in [1.165, 1.54) is 14.0 Å². The van der Waals surface area contributed by atoms with Crippen molar-refractivity contribution in [1.29, 1.82) is 0 Å². The third-order valence-corrected chi connectivity index (χ3v) is 3.04. The molecule has 1 saturated carbocycles. The summed E-state index contributed by atoms with van der Waals surface area (Å²) >= 11 is 0. The maximum absolute atomic E-state index is 11.3. The van der Waals surface area contributed by atoms with Crippen molar-refractivity contribution in [2.75, 3.05) is 13.7 Å². The molecule has 0 aromatic rings. The predicted molar refractivity (Wildman–Crippen MR) is 65.7 cm³/mol. The molecule has 7 nitrogen and oxygen atoms in total. The van der Waals surface area contributed by atoms with E-state index in [9.17, 15) is 14.4 Å². The Morgan fingerprint density at radius 2 is 1.74 bits per heavy atom.